The third kappa shape index (κ3) is 2.03. The lowest BCUT2D eigenvalue weighted by molar-refractivity contribution is 0.109. The van der Waals surface area contributed by atoms with Gasteiger partial charge in [-0.1, -0.05) is 23.2 Å². The molecule has 1 aliphatic rings. The molecule has 1 aromatic heterocycles. The molecule has 0 N–H and O–H groups in total. The SMILES string of the molecule is Clc1c2c(nc3c(Cl)cc(I)cc13)CCOC2. The molecule has 0 saturated carbocycles. The van der Waals surface area contributed by atoms with Crippen molar-refractivity contribution < 1.29 is 4.74 Å². The zero-order valence-electron chi connectivity index (χ0n) is 8.77. The van der Waals surface area contributed by atoms with Crippen molar-refractivity contribution in [3.8, 4) is 0 Å². The minimum absolute atomic E-state index is 0.542. The Morgan fingerprint density at radius 3 is 2.94 bits per heavy atom. The van der Waals surface area contributed by atoms with Gasteiger partial charge in [-0.15, -0.1) is 0 Å². The van der Waals surface area contributed by atoms with Crippen molar-refractivity contribution in [1.82, 2.24) is 4.98 Å². The number of rotatable bonds is 0. The number of hydrogen-bond acceptors (Lipinski definition) is 2. The first-order valence-electron chi connectivity index (χ1n) is 5.20. The summed E-state index contributed by atoms with van der Waals surface area (Å²) in [6, 6.07) is 3.91. The van der Waals surface area contributed by atoms with Crippen LogP contribution in [0.3, 0.4) is 0 Å². The van der Waals surface area contributed by atoms with E-state index in [2.05, 4.69) is 27.6 Å². The lowest BCUT2D eigenvalue weighted by atomic mass is 10.1. The number of benzene rings is 1. The Labute approximate surface area is 122 Å². The Hall–Kier alpha value is -0.100. The Balaban J connectivity index is 2.40. The van der Waals surface area contributed by atoms with Gasteiger partial charge in [-0.2, -0.15) is 0 Å². The summed E-state index contributed by atoms with van der Waals surface area (Å²) in [5, 5.41) is 2.29. The highest BCUT2D eigenvalue weighted by Crippen LogP contribution is 2.35. The van der Waals surface area contributed by atoms with E-state index in [1.165, 1.54) is 0 Å². The number of pyridine rings is 1. The average molecular weight is 380 g/mol. The van der Waals surface area contributed by atoms with Crippen LogP contribution in [0.4, 0.5) is 0 Å². The molecule has 0 spiro atoms. The van der Waals surface area contributed by atoms with Gasteiger partial charge in [0.1, 0.15) is 0 Å². The summed E-state index contributed by atoms with van der Waals surface area (Å²) in [6.07, 6.45) is 0.799. The van der Waals surface area contributed by atoms with E-state index in [9.17, 15) is 0 Å². The van der Waals surface area contributed by atoms with Crippen molar-refractivity contribution in [2.75, 3.05) is 6.61 Å². The largest absolute Gasteiger partial charge is 0.376 e. The van der Waals surface area contributed by atoms with E-state index < -0.39 is 0 Å². The molecule has 88 valence electrons. The average Bonchev–Trinajstić information content (AvgIpc) is 2.31. The van der Waals surface area contributed by atoms with Gasteiger partial charge in [0.05, 0.1) is 34.5 Å². The second kappa shape index (κ2) is 4.53. The number of halogens is 3. The molecule has 5 heteroatoms. The molecule has 0 bridgehead atoms. The number of fused-ring (bicyclic) bond motifs is 2. The van der Waals surface area contributed by atoms with Gasteiger partial charge in [-0.05, 0) is 34.7 Å². The van der Waals surface area contributed by atoms with Crippen molar-refractivity contribution in [2.45, 2.75) is 13.0 Å². The predicted octanol–water partition coefficient (Wildman–Crippen LogP) is 4.22. The topological polar surface area (TPSA) is 22.1 Å². The van der Waals surface area contributed by atoms with E-state index in [-0.39, 0.29) is 0 Å². The highest BCUT2D eigenvalue weighted by atomic mass is 127. The van der Waals surface area contributed by atoms with Crippen LogP contribution in [-0.2, 0) is 17.8 Å². The van der Waals surface area contributed by atoms with Crippen LogP contribution in [-0.4, -0.2) is 11.6 Å². The molecule has 0 amide bonds. The van der Waals surface area contributed by atoms with Crippen LogP contribution in [0.2, 0.25) is 10.0 Å². The third-order valence-corrected chi connectivity index (χ3v) is 4.20. The lowest BCUT2D eigenvalue weighted by Crippen LogP contribution is -2.12. The van der Waals surface area contributed by atoms with Gasteiger partial charge >= 0.3 is 0 Å². The van der Waals surface area contributed by atoms with Gasteiger partial charge in [-0.25, -0.2) is 0 Å². The first-order chi connectivity index (χ1) is 8.16. The summed E-state index contributed by atoms with van der Waals surface area (Å²) in [5.74, 6) is 0. The van der Waals surface area contributed by atoms with Gasteiger partial charge in [-0.3, -0.25) is 4.98 Å². The van der Waals surface area contributed by atoms with Gasteiger partial charge in [0.2, 0.25) is 0 Å². The summed E-state index contributed by atoms with van der Waals surface area (Å²) >= 11 is 14.9. The van der Waals surface area contributed by atoms with Crippen LogP contribution in [0.15, 0.2) is 12.1 Å². The number of aromatic nitrogens is 1. The van der Waals surface area contributed by atoms with E-state index in [0.717, 1.165) is 37.2 Å². The minimum atomic E-state index is 0.542. The monoisotopic (exact) mass is 379 g/mol. The number of nitrogens with zero attached hydrogens (tertiary/aromatic N) is 1. The molecule has 1 aliphatic heterocycles. The molecule has 2 aromatic rings. The lowest BCUT2D eigenvalue weighted by Gasteiger charge is -2.18. The fourth-order valence-corrected chi connectivity index (χ4v) is 3.41. The summed E-state index contributed by atoms with van der Waals surface area (Å²) in [4.78, 5) is 4.62. The van der Waals surface area contributed by atoms with Crippen LogP contribution in [0.25, 0.3) is 10.9 Å². The molecule has 3 rings (SSSR count). The summed E-state index contributed by atoms with van der Waals surface area (Å²) in [5.41, 5.74) is 2.80. The van der Waals surface area contributed by atoms with Crippen molar-refractivity contribution in [2.24, 2.45) is 0 Å². The Morgan fingerprint density at radius 1 is 1.29 bits per heavy atom. The highest BCUT2D eigenvalue weighted by Gasteiger charge is 2.18. The number of ether oxygens (including phenoxy) is 1. The molecular formula is C12H8Cl2INO. The maximum absolute atomic E-state index is 6.42. The van der Waals surface area contributed by atoms with E-state index in [1.807, 2.05) is 12.1 Å². The van der Waals surface area contributed by atoms with Crippen LogP contribution in [0, 0.1) is 3.57 Å². The molecule has 0 atom stereocenters. The third-order valence-electron chi connectivity index (χ3n) is 2.85. The first kappa shape index (κ1) is 12.0. The van der Waals surface area contributed by atoms with Crippen molar-refractivity contribution in [3.05, 3.63) is 37.0 Å². The van der Waals surface area contributed by atoms with Crippen molar-refractivity contribution in [3.63, 3.8) is 0 Å². The molecule has 0 saturated heterocycles. The molecular weight excluding hydrogens is 372 g/mol. The van der Waals surface area contributed by atoms with E-state index in [0.29, 0.717) is 18.2 Å². The summed E-state index contributed by atoms with van der Waals surface area (Å²) in [7, 11) is 0. The normalized spacial score (nSPS) is 15.0. The fourth-order valence-electron chi connectivity index (χ4n) is 2.04. The quantitative estimate of drug-likeness (QED) is 0.639. The van der Waals surface area contributed by atoms with Crippen LogP contribution >= 0.6 is 45.8 Å². The summed E-state index contributed by atoms with van der Waals surface area (Å²) < 4.78 is 6.48. The Morgan fingerprint density at radius 2 is 2.12 bits per heavy atom. The van der Waals surface area contributed by atoms with Crippen molar-refractivity contribution >= 4 is 56.7 Å². The fraction of sp³-hybridized carbons (Fsp3) is 0.250. The standard InChI is InChI=1S/C12H8Cl2INO/c13-9-4-6(15)3-7-11(14)8-5-17-2-1-10(8)16-12(7)9/h3-4H,1-2,5H2. The zero-order valence-corrected chi connectivity index (χ0v) is 12.4. The van der Waals surface area contributed by atoms with E-state index in [4.69, 9.17) is 27.9 Å². The predicted molar refractivity (Wildman–Crippen MR) is 77.8 cm³/mol. The molecule has 0 unspecified atom stereocenters. The van der Waals surface area contributed by atoms with Gasteiger partial charge < -0.3 is 4.74 Å². The Bertz CT molecular complexity index is 615. The highest BCUT2D eigenvalue weighted by molar-refractivity contribution is 14.1. The van der Waals surface area contributed by atoms with Gasteiger partial charge in [0.25, 0.3) is 0 Å². The molecule has 2 heterocycles. The second-order valence-corrected chi connectivity index (χ2v) is 5.97. The first-order valence-corrected chi connectivity index (χ1v) is 7.04. The molecule has 0 radical (unpaired) electrons. The van der Waals surface area contributed by atoms with Crippen LogP contribution in [0.5, 0.6) is 0 Å². The molecule has 1 aromatic carbocycles. The smallest absolute Gasteiger partial charge is 0.0907 e. The molecule has 17 heavy (non-hydrogen) atoms. The molecule has 0 aliphatic carbocycles. The van der Waals surface area contributed by atoms with Gasteiger partial charge in [0.15, 0.2) is 0 Å². The molecule has 0 fully saturated rings. The van der Waals surface area contributed by atoms with Gasteiger partial charge in [0, 0.05) is 20.9 Å². The zero-order chi connectivity index (χ0) is 12.0. The summed E-state index contributed by atoms with van der Waals surface area (Å²) in [6.45, 7) is 1.24. The maximum atomic E-state index is 6.42. The maximum Gasteiger partial charge on any atom is 0.0907 e. The molecule has 2 nitrogen and oxygen atoms in total. The van der Waals surface area contributed by atoms with Crippen molar-refractivity contribution in [1.29, 1.82) is 0 Å². The second-order valence-electron chi connectivity index (χ2n) is 3.94. The van der Waals surface area contributed by atoms with Crippen LogP contribution in [0.1, 0.15) is 11.3 Å². The Kier molecular flexibility index (Phi) is 3.19. The minimum Gasteiger partial charge on any atom is -0.376 e. The number of hydrogen-bond donors (Lipinski definition) is 0. The van der Waals surface area contributed by atoms with Crippen LogP contribution < -0.4 is 0 Å². The van der Waals surface area contributed by atoms with E-state index in [1.54, 1.807) is 0 Å². The van der Waals surface area contributed by atoms with E-state index >= 15 is 0 Å².